The van der Waals surface area contributed by atoms with Crippen molar-refractivity contribution in [2.24, 2.45) is 0 Å². The number of ether oxygens (including phenoxy) is 1. The van der Waals surface area contributed by atoms with Crippen molar-refractivity contribution in [1.29, 1.82) is 0 Å². The van der Waals surface area contributed by atoms with Gasteiger partial charge in [0.1, 0.15) is 24.6 Å². The van der Waals surface area contributed by atoms with Gasteiger partial charge in [-0.3, -0.25) is 9.13 Å². The molecule has 11 nitrogen and oxygen atoms in total. The molecule has 2 fully saturated rings. The van der Waals surface area contributed by atoms with Gasteiger partial charge in [-0.2, -0.15) is 0 Å². The Balaban J connectivity index is 0.00000240. The quantitative estimate of drug-likeness (QED) is 0.409. The summed E-state index contributed by atoms with van der Waals surface area (Å²) in [5.74, 6) is 0.683. The largest absolute Gasteiger partial charge is 1.00 e. The third-order valence-corrected chi connectivity index (χ3v) is 5.89. The molecule has 0 spiro atoms. The van der Waals surface area contributed by atoms with E-state index in [0.717, 1.165) is 0 Å². The molecule has 0 aromatic carbocycles. The summed E-state index contributed by atoms with van der Waals surface area (Å²) >= 11 is 0. The van der Waals surface area contributed by atoms with E-state index in [1.54, 1.807) is 4.57 Å². The number of aliphatic hydroxyl groups is 1. The van der Waals surface area contributed by atoms with Crippen molar-refractivity contribution in [3.8, 4) is 0 Å². The zero-order chi connectivity index (χ0) is 20.2. The average molecular weight is 435 g/mol. The van der Waals surface area contributed by atoms with Gasteiger partial charge in [0.05, 0.1) is 12.9 Å². The maximum Gasteiger partial charge on any atom is 1.00 e. The van der Waals surface area contributed by atoms with E-state index in [9.17, 15) is 14.6 Å². The molecule has 0 saturated carbocycles. The van der Waals surface area contributed by atoms with Crippen LogP contribution in [-0.4, -0.2) is 61.6 Å². The summed E-state index contributed by atoms with van der Waals surface area (Å²) in [5.41, 5.74) is 1.05. The summed E-state index contributed by atoms with van der Waals surface area (Å²) < 4.78 is 28.5. The molecule has 4 rings (SSSR count). The van der Waals surface area contributed by atoms with E-state index in [-0.39, 0.29) is 48.2 Å². The first-order valence-electron chi connectivity index (χ1n) is 9.13. The fourth-order valence-corrected chi connectivity index (χ4v) is 4.81. The number of hydrogen-bond acceptors (Lipinski definition) is 10. The minimum absolute atomic E-state index is 0. The van der Waals surface area contributed by atoms with Gasteiger partial charge in [-0.1, -0.05) is 0 Å². The Morgan fingerprint density at radius 1 is 1.28 bits per heavy atom. The van der Waals surface area contributed by atoms with Crippen LogP contribution in [0.5, 0.6) is 0 Å². The Morgan fingerprint density at radius 3 is 2.62 bits per heavy atom. The molecule has 2 aromatic heterocycles. The average Bonchev–Trinajstić information content (AvgIpc) is 3.16. The number of aliphatic hydroxyl groups excluding tert-OH is 1. The topological polar surface area (TPSA) is 135 Å². The number of aromatic nitrogens is 4. The number of hydrogen-bond donors (Lipinski definition) is 1. The maximum atomic E-state index is 11.6. The molecule has 2 aliphatic heterocycles. The van der Waals surface area contributed by atoms with Crippen LogP contribution in [0.25, 0.3) is 11.2 Å². The Kier molecular flexibility index (Phi) is 6.75. The molecule has 5 atom stereocenters. The Hall–Kier alpha value is -0.620. The molecule has 2 aromatic rings. The van der Waals surface area contributed by atoms with Crippen LogP contribution in [0.2, 0.25) is 0 Å². The second-order valence-corrected chi connectivity index (χ2v) is 8.85. The Labute approximate surface area is 190 Å². The number of rotatable bonds is 4. The van der Waals surface area contributed by atoms with Gasteiger partial charge >= 0.3 is 29.6 Å². The van der Waals surface area contributed by atoms with Crippen LogP contribution in [0, 0.1) is 0 Å². The Morgan fingerprint density at radius 2 is 1.97 bits per heavy atom. The van der Waals surface area contributed by atoms with Crippen molar-refractivity contribution in [2.45, 2.75) is 64.3 Å². The van der Waals surface area contributed by atoms with Gasteiger partial charge in [0.2, 0.25) is 0 Å². The molecule has 29 heavy (non-hydrogen) atoms. The molecule has 0 bridgehead atoms. The van der Waals surface area contributed by atoms with Gasteiger partial charge in [0.15, 0.2) is 23.2 Å². The van der Waals surface area contributed by atoms with Crippen molar-refractivity contribution < 1.29 is 57.9 Å². The van der Waals surface area contributed by atoms with Crippen molar-refractivity contribution in [3.05, 3.63) is 12.7 Å². The van der Waals surface area contributed by atoms with E-state index in [2.05, 4.69) is 52.1 Å². The molecular weight excluding hydrogens is 412 g/mol. The monoisotopic (exact) mass is 435 g/mol. The third-order valence-electron chi connectivity index (χ3n) is 4.93. The minimum atomic E-state index is -4.44. The molecule has 0 amide bonds. The molecular formula is C16H23N5NaO6P. The number of anilines is 1. The van der Waals surface area contributed by atoms with Crippen molar-refractivity contribution in [3.63, 3.8) is 0 Å². The Bertz CT molecular complexity index is 918. The standard InChI is InChI=1S/C16H24N5O6P.Na/c1-8(2)21(9(3)4)15-11-14(17-6-18-15)20(7-19-11)16-12(22)13-10(26-16)5-25-28(23,24)27-13;/h6-10,12-13,16,22H,5H2,1-4H3,(H,23,24);/q;+1/p-1/t10-,12-,13-,16-;/m1./s1. The SMILES string of the molecule is CC(C)N(c1ncnc2c1ncn2[C@@H]1O[C@@H]2COP(=O)([O-])O[C@H]2[C@H]1O)C(C)C.[Na+]. The summed E-state index contributed by atoms with van der Waals surface area (Å²) in [6.07, 6.45) is -0.937. The van der Waals surface area contributed by atoms with Gasteiger partial charge < -0.3 is 28.7 Å². The number of nitrogens with zero attached hydrogens (tertiary/aromatic N) is 5. The number of phosphoric acid groups is 1. The fraction of sp³-hybridized carbons (Fsp3) is 0.688. The third kappa shape index (κ3) is 4.13. The maximum absolute atomic E-state index is 11.6. The van der Waals surface area contributed by atoms with Gasteiger partial charge in [-0.05, 0) is 27.7 Å². The van der Waals surface area contributed by atoms with Gasteiger partial charge in [-0.25, -0.2) is 15.0 Å². The first-order valence-corrected chi connectivity index (χ1v) is 10.6. The second kappa shape index (κ2) is 8.49. The summed E-state index contributed by atoms with van der Waals surface area (Å²) in [4.78, 5) is 26.9. The second-order valence-electron chi connectivity index (χ2n) is 7.48. The van der Waals surface area contributed by atoms with Crippen LogP contribution >= 0.6 is 7.82 Å². The van der Waals surface area contributed by atoms with Crippen molar-refractivity contribution in [1.82, 2.24) is 19.5 Å². The number of phosphoric ester groups is 1. The van der Waals surface area contributed by atoms with Gasteiger partial charge in [0.25, 0.3) is 7.82 Å². The molecule has 2 saturated heterocycles. The van der Waals surface area contributed by atoms with Crippen molar-refractivity contribution in [2.75, 3.05) is 11.5 Å². The predicted octanol–water partition coefficient (Wildman–Crippen LogP) is -2.40. The van der Waals surface area contributed by atoms with Crippen LogP contribution in [0.1, 0.15) is 33.9 Å². The molecule has 0 radical (unpaired) electrons. The zero-order valence-corrected chi connectivity index (χ0v) is 19.9. The van der Waals surface area contributed by atoms with E-state index in [0.29, 0.717) is 17.0 Å². The molecule has 1 unspecified atom stereocenters. The number of fused-ring (bicyclic) bond motifs is 2. The minimum Gasteiger partial charge on any atom is -0.756 e. The molecule has 1 N–H and O–H groups in total. The van der Waals surface area contributed by atoms with E-state index in [4.69, 9.17) is 9.26 Å². The zero-order valence-electron chi connectivity index (χ0n) is 17.0. The first-order chi connectivity index (χ1) is 13.2. The summed E-state index contributed by atoms with van der Waals surface area (Å²) in [6, 6.07) is 0.382. The van der Waals surface area contributed by atoms with E-state index in [1.807, 2.05) is 0 Å². The van der Waals surface area contributed by atoms with Crippen LogP contribution in [-0.2, 0) is 18.3 Å². The first kappa shape index (κ1) is 23.1. The van der Waals surface area contributed by atoms with E-state index < -0.39 is 32.4 Å². The van der Waals surface area contributed by atoms with Crippen molar-refractivity contribution >= 4 is 24.8 Å². The smallest absolute Gasteiger partial charge is 0.756 e. The number of imidazole rings is 1. The summed E-state index contributed by atoms with van der Waals surface area (Å²) in [5, 5.41) is 10.6. The van der Waals surface area contributed by atoms with Gasteiger partial charge in [-0.15, -0.1) is 0 Å². The molecule has 4 heterocycles. The van der Waals surface area contributed by atoms with E-state index in [1.165, 1.54) is 12.7 Å². The van der Waals surface area contributed by atoms with Crippen LogP contribution in [0.15, 0.2) is 12.7 Å². The van der Waals surface area contributed by atoms with E-state index >= 15 is 0 Å². The molecule has 13 heteroatoms. The fourth-order valence-electron chi connectivity index (χ4n) is 3.86. The summed E-state index contributed by atoms with van der Waals surface area (Å²) in [7, 11) is -4.44. The van der Waals surface area contributed by atoms with Crippen LogP contribution in [0.3, 0.4) is 0 Å². The molecule has 0 aliphatic carbocycles. The van der Waals surface area contributed by atoms with Gasteiger partial charge in [0, 0.05) is 12.1 Å². The van der Waals surface area contributed by atoms with Crippen LogP contribution in [0.4, 0.5) is 5.82 Å². The summed E-state index contributed by atoms with van der Waals surface area (Å²) in [6.45, 7) is 8.06. The molecule has 154 valence electrons. The normalized spacial score (nSPS) is 31.9. The predicted molar refractivity (Wildman–Crippen MR) is 96.4 cm³/mol. The van der Waals surface area contributed by atoms with Crippen LogP contribution < -0.4 is 39.4 Å². The molecule has 2 aliphatic rings.